The van der Waals surface area contributed by atoms with Gasteiger partial charge in [-0.25, -0.2) is 0 Å². The standard InChI is InChI=1S/C8H14FNO2/c9-3-5-7(12)6(11)4-10-8(5)1-2-8/h5-7,10-12H,1-4H2/t5-,6-,7-/m1/s1. The molecule has 2 fully saturated rings. The molecule has 3 nitrogen and oxygen atoms in total. The molecule has 2 rings (SSSR count). The van der Waals surface area contributed by atoms with Crippen LogP contribution in [-0.2, 0) is 0 Å². The van der Waals surface area contributed by atoms with Crippen molar-refractivity contribution in [2.75, 3.05) is 13.2 Å². The van der Waals surface area contributed by atoms with Gasteiger partial charge in [-0.15, -0.1) is 0 Å². The van der Waals surface area contributed by atoms with E-state index in [1.165, 1.54) is 0 Å². The van der Waals surface area contributed by atoms with Crippen LogP contribution >= 0.6 is 0 Å². The van der Waals surface area contributed by atoms with E-state index < -0.39 is 24.8 Å². The Labute approximate surface area is 70.6 Å². The third kappa shape index (κ3) is 1.06. The van der Waals surface area contributed by atoms with E-state index in [9.17, 15) is 14.6 Å². The van der Waals surface area contributed by atoms with Gasteiger partial charge >= 0.3 is 0 Å². The Morgan fingerprint density at radius 2 is 2.08 bits per heavy atom. The third-order valence-corrected chi connectivity index (χ3v) is 3.13. The summed E-state index contributed by atoms with van der Waals surface area (Å²) in [7, 11) is 0. The van der Waals surface area contributed by atoms with E-state index in [0.717, 1.165) is 12.8 Å². The molecule has 0 aromatic rings. The van der Waals surface area contributed by atoms with Crippen LogP contribution in [0.2, 0.25) is 0 Å². The molecule has 0 aromatic heterocycles. The van der Waals surface area contributed by atoms with Crippen LogP contribution in [0, 0.1) is 5.92 Å². The van der Waals surface area contributed by atoms with Crippen LogP contribution in [-0.4, -0.2) is 41.2 Å². The lowest BCUT2D eigenvalue weighted by atomic mass is 9.85. The van der Waals surface area contributed by atoms with Crippen LogP contribution in [0.25, 0.3) is 0 Å². The van der Waals surface area contributed by atoms with E-state index in [2.05, 4.69) is 5.32 Å². The van der Waals surface area contributed by atoms with Crippen LogP contribution in [0.4, 0.5) is 4.39 Å². The van der Waals surface area contributed by atoms with Crippen molar-refractivity contribution in [1.29, 1.82) is 0 Å². The van der Waals surface area contributed by atoms with Gasteiger partial charge in [0.15, 0.2) is 0 Å². The second-order valence-electron chi connectivity index (χ2n) is 3.86. The predicted octanol–water partition coefficient (Wildman–Crippen LogP) is -0.570. The molecule has 1 saturated heterocycles. The number of alkyl halides is 1. The summed E-state index contributed by atoms with van der Waals surface area (Å²) < 4.78 is 12.5. The molecule has 70 valence electrons. The Hall–Kier alpha value is -0.190. The van der Waals surface area contributed by atoms with Crippen molar-refractivity contribution < 1.29 is 14.6 Å². The summed E-state index contributed by atoms with van der Waals surface area (Å²) in [5.41, 5.74) is -0.187. The SMILES string of the molecule is O[C@H]1[C@H](O)CNC2(CC2)[C@@H]1CF. The fourth-order valence-corrected chi connectivity index (χ4v) is 2.08. The highest BCUT2D eigenvalue weighted by Gasteiger charge is 2.55. The Balaban J connectivity index is 2.11. The van der Waals surface area contributed by atoms with E-state index in [0.29, 0.717) is 6.54 Å². The molecule has 0 amide bonds. The second kappa shape index (κ2) is 2.65. The molecule has 1 spiro atoms. The molecule has 0 aromatic carbocycles. The zero-order valence-electron chi connectivity index (χ0n) is 6.83. The molecule has 1 saturated carbocycles. The number of aliphatic hydroxyl groups is 2. The number of β-amino-alcohol motifs (C(OH)–C–C–N with tert-alkyl or cyclic N) is 1. The maximum Gasteiger partial charge on any atom is 0.0966 e. The van der Waals surface area contributed by atoms with Crippen LogP contribution in [0.1, 0.15) is 12.8 Å². The first-order chi connectivity index (χ1) is 5.69. The van der Waals surface area contributed by atoms with Crippen molar-refractivity contribution in [1.82, 2.24) is 5.32 Å². The molecule has 2 aliphatic rings. The van der Waals surface area contributed by atoms with E-state index in [1.807, 2.05) is 0 Å². The quantitative estimate of drug-likeness (QED) is 0.500. The minimum Gasteiger partial charge on any atom is -0.390 e. The molecule has 0 bridgehead atoms. The Bertz CT molecular complexity index is 184. The van der Waals surface area contributed by atoms with Gasteiger partial charge in [0.05, 0.1) is 18.9 Å². The van der Waals surface area contributed by atoms with Gasteiger partial charge in [-0.1, -0.05) is 0 Å². The highest BCUT2D eigenvalue weighted by atomic mass is 19.1. The maximum atomic E-state index is 12.5. The summed E-state index contributed by atoms with van der Waals surface area (Å²) in [6.07, 6.45) is 0.146. The summed E-state index contributed by atoms with van der Waals surface area (Å²) in [5, 5.41) is 21.8. The van der Waals surface area contributed by atoms with Crippen LogP contribution in [0.15, 0.2) is 0 Å². The van der Waals surface area contributed by atoms with Crippen molar-refractivity contribution in [2.24, 2.45) is 5.92 Å². The predicted molar refractivity (Wildman–Crippen MR) is 41.4 cm³/mol. The molecule has 3 atom stereocenters. The van der Waals surface area contributed by atoms with E-state index >= 15 is 0 Å². The Morgan fingerprint density at radius 1 is 1.42 bits per heavy atom. The highest BCUT2D eigenvalue weighted by Crippen LogP contribution is 2.46. The zero-order valence-corrected chi connectivity index (χ0v) is 6.83. The summed E-state index contributed by atoms with van der Waals surface area (Å²) in [6, 6.07) is 0. The van der Waals surface area contributed by atoms with Crippen LogP contribution in [0.5, 0.6) is 0 Å². The lowest BCUT2D eigenvalue weighted by molar-refractivity contribution is -0.0634. The molecule has 1 aliphatic carbocycles. The lowest BCUT2D eigenvalue weighted by Crippen LogP contribution is -2.58. The van der Waals surface area contributed by atoms with Gasteiger partial charge in [-0.05, 0) is 12.8 Å². The Kier molecular flexibility index (Phi) is 1.86. The van der Waals surface area contributed by atoms with E-state index in [-0.39, 0.29) is 5.54 Å². The summed E-state index contributed by atoms with van der Waals surface area (Å²) >= 11 is 0. The topological polar surface area (TPSA) is 52.5 Å². The minimum absolute atomic E-state index is 0.187. The molecule has 12 heavy (non-hydrogen) atoms. The summed E-state index contributed by atoms with van der Waals surface area (Å²) in [4.78, 5) is 0. The van der Waals surface area contributed by atoms with Gasteiger partial charge in [0.1, 0.15) is 0 Å². The fourth-order valence-electron chi connectivity index (χ4n) is 2.08. The van der Waals surface area contributed by atoms with E-state index in [4.69, 9.17) is 0 Å². The third-order valence-electron chi connectivity index (χ3n) is 3.13. The van der Waals surface area contributed by atoms with Crippen LogP contribution < -0.4 is 5.32 Å². The summed E-state index contributed by atoms with van der Waals surface area (Å²) in [6.45, 7) is -0.164. The van der Waals surface area contributed by atoms with E-state index in [1.54, 1.807) is 0 Å². The lowest BCUT2D eigenvalue weighted by Gasteiger charge is -2.38. The number of hydrogen-bond donors (Lipinski definition) is 3. The zero-order chi connectivity index (χ0) is 8.77. The number of halogens is 1. The first kappa shape index (κ1) is 8.41. The van der Waals surface area contributed by atoms with Crippen molar-refractivity contribution >= 4 is 0 Å². The number of aliphatic hydroxyl groups excluding tert-OH is 2. The molecule has 0 unspecified atom stereocenters. The van der Waals surface area contributed by atoms with Crippen LogP contribution in [0.3, 0.4) is 0 Å². The fraction of sp³-hybridized carbons (Fsp3) is 1.00. The van der Waals surface area contributed by atoms with Gasteiger partial charge in [-0.2, -0.15) is 0 Å². The van der Waals surface area contributed by atoms with Gasteiger partial charge in [0.2, 0.25) is 0 Å². The number of nitrogens with one attached hydrogen (secondary N) is 1. The number of rotatable bonds is 1. The first-order valence-electron chi connectivity index (χ1n) is 4.37. The first-order valence-corrected chi connectivity index (χ1v) is 4.37. The van der Waals surface area contributed by atoms with Gasteiger partial charge in [0, 0.05) is 18.0 Å². The van der Waals surface area contributed by atoms with Crippen molar-refractivity contribution in [2.45, 2.75) is 30.6 Å². The average Bonchev–Trinajstić information content (AvgIpc) is 2.81. The molecular weight excluding hydrogens is 161 g/mol. The summed E-state index contributed by atoms with van der Waals surface area (Å²) in [5.74, 6) is -0.416. The number of piperidine rings is 1. The monoisotopic (exact) mass is 175 g/mol. The Morgan fingerprint density at radius 3 is 2.58 bits per heavy atom. The van der Waals surface area contributed by atoms with Gasteiger partial charge in [0.25, 0.3) is 0 Å². The normalized spacial score (nSPS) is 44.8. The molecule has 1 aliphatic heterocycles. The molecule has 1 heterocycles. The molecule has 3 N–H and O–H groups in total. The van der Waals surface area contributed by atoms with Gasteiger partial charge in [-0.3, -0.25) is 4.39 Å². The molecule has 4 heteroatoms. The number of hydrogen-bond acceptors (Lipinski definition) is 3. The second-order valence-corrected chi connectivity index (χ2v) is 3.86. The maximum absolute atomic E-state index is 12.5. The molecule has 0 radical (unpaired) electrons. The largest absolute Gasteiger partial charge is 0.390 e. The van der Waals surface area contributed by atoms with Crippen molar-refractivity contribution in [3.8, 4) is 0 Å². The minimum atomic E-state index is -0.890. The smallest absolute Gasteiger partial charge is 0.0966 e. The average molecular weight is 175 g/mol. The van der Waals surface area contributed by atoms with Crippen molar-refractivity contribution in [3.63, 3.8) is 0 Å². The van der Waals surface area contributed by atoms with Gasteiger partial charge < -0.3 is 15.5 Å². The van der Waals surface area contributed by atoms with Crippen molar-refractivity contribution in [3.05, 3.63) is 0 Å². The molecular formula is C8H14FNO2. The highest BCUT2D eigenvalue weighted by molar-refractivity contribution is 5.12.